The minimum atomic E-state index is -3.84. The molecule has 1 aromatic carbocycles. The maximum absolute atomic E-state index is 12.1. The molecule has 112 valence electrons. The molecule has 1 N–H and O–H groups in total. The van der Waals surface area contributed by atoms with E-state index in [2.05, 4.69) is 30.3 Å². The number of nitriles is 1. The van der Waals surface area contributed by atoms with Crippen molar-refractivity contribution in [1.29, 1.82) is 5.26 Å². The third kappa shape index (κ3) is 0.113. The number of fused-ring (bicyclic) bond motifs is 10. The van der Waals surface area contributed by atoms with Crippen LogP contribution in [0.3, 0.4) is 0 Å². The number of hydrogen-bond donors (Lipinski definition) is 1. The van der Waals surface area contributed by atoms with E-state index >= 15 is 0 Å². The van der Waals surface area contributed by atoms with Gasteiger partial charge >= 0.3 is 116 Å². The molecule has 10 heterocycles. The minimum absolute atomic E-state index is 0.355. The summed E-state index contributed by atoms with van der Waals surface area (Å²) in [7, 11) is -3.84. The third-order valence-electron chi connectivity index (χ3n) is 16.9. The second-order valence-corrected chi connectivity index (χ2v) is 66.4. The van der Waals surface area contributed by atoms with Crippen LogP contribution in [0.15, 0.2) is 30.3 Å². The normalized spacial score (nSPS) is 97.2. The molecule has 5 atom stereocenters. The van der Waals surface area contributed by atoms with E-state index in [1.807, 2.05) is 6.07 Å². The quantitative estimate of drug-likeness (QED) is 0.712. The Labute approximate surface area is 116 Å². The molecule has 0 amide bonds. The van der Waals surface area contributed by atoms with Crippen molar-refractivity contribution in [2.75, 3.05) is 0 Å². The number of benzene rings is 1. The van der Waals surface area contributed by atoms with Crippen molar-refractivity contribution in [1.82, 2.24) is 0 Å². The first-order chi connectivity index (χ1) is 10.5. The predicted molar refractivity (Wildman–Crippen MR) is 77.0 cm³/mol. The molecular weight excluding hydrogens is 448 g/mol. The molecule has 1 aromatic rings. The van der Waals surface area contributed by atoms with E-state index in [0.717, 1.165) is 14.5 Å². The van der Waals surface area contributed by atoms with Crippen molar-refractivity contribution in [2.24, 2.45) is 0 Å². The Balaban J connectivity index is 1.40. The Kier molecular flexibility index (Phi) is 0.354. The van der Waals surface area contributed by atoms with Crippen LogP contribution in [0, 0.1) is 11.3 Å². The standard InChI is InChI=1S/C14H12NO.C5H5.Os/c15-11-10-14(16,13-8-4-5-9-13)12-6-2-1-3-7-12;1-2-4-5-3-1;/h1-9,16H,10H2;1-5H;. The van der Waals surface area contributed by atoms with Gasteiger partial charge in [-0.25, -0.2) is 0 Å². The molecule has 0 aromatic heterocycles. The molecule has 10 fully saturated rings. The third-order valence-corrected chi connectivity index (χ3v) is 115. The number of aliphatic hydroxyl groups is 1. The van der Waals surface area contributed by atoms with Gasteiger partial charge in [0.05, 0.1) is 0 Å². The van der Waals surface area contributed by atoms with Crippen LogP contribution in [0.5, 0.6) is 0 Å². The Morgan fingerprint density at radius 2 is 1.55 bits per heavy atom. The molecule has 11 rings (SSSR count). The van der Waals surface area contributed by atoms with Crippen LogP contribution in [0.2, 0.25) is 44.2 Å². The van der Waals surface area contributed by atoms with Crippen LogP contribution in [-0.4, -0.2) is 5.11 Å². The van der Waals surface area contributed by atoms with Crippen molar-refractivity contribution < 1.29 is 13.0 Å². The Morgan fingerprint density at radius 1 is 1.00 bits per heavy atom. The molecule has 0 bridgehead atoms. The molecule has 0 aliphatic carbocycles. The molecule has 2 nitrogen and oxygen atoms in total. The SMILES string of the molecule is N#CCC(O)(c1ccccc1)[C]12[CH]3[CH]4[CH]5[CH]1[Os]45321678[CH]2[CH]1[CH]6[CH]7[CH]28. The summed E-state index contributed by atoms with van der Waals surface area (Å²) < 4.78 is 11.0. The second-order valence-electron chi connectivity index (χ2n) is 12.2. The van der Waals surface area contributed by atoms with Gasteiger partial charge in [0.15, 0.2) is 0 Å². The van der Waals surface area contributed by atoms with Crippen molar-refractivity contribution in [3.05, 3.63) is 35.9 Å². The summed E-state index contributed by atoms with van der Waals surface area (Å²) in [5, 5.41) is 21.7. The maximum atomic E-state index is 12.1. The molecular formula is C19H17NOOs. The molecule has 3 heteroatoms. The number of hydrogen-bond acceptors (Lipinski definition) is 2. The van der Waals surface area contributed by atoms with E-state index in [-0.39, 0.29) is 0 Å². The molecule has 10 aliphatic rings. The van der Waals surface area contributed by atoms with Crippen LogP contribution >= 0.6 is 0 Å². The first-order valence-corrected chi connectivity index (χ1v) is 23.3. The van der Waals surface area contributed by atoms with E-state index in [0.29, 0.717) is 10.4 Å². The van der Waals surface area contributed by atoms with Crippen LogP contribution in [0.1, 0.15) is 12.0 Å². The van der Waals surface area contributed by atoms with Crippen molar-refractivity contribution in [3.63, 3.8) is 0 Å². The fourth-order valence-corrected chi connectivity index (χ4v) is 246. The molecule has 5 unspecified atom stereocenters. The van der Waals surface area contributed by atoms with E-state index in [1.165, 1.54) is 31.3 Å². The molecule has 10 saturated heterocycles. The molecule has 22 heavy (non-hydrogen) atoms. The monoisotopic (exact) mass is 467 g/mol. The Hall–Kier alpha value is -0.694. The van der Waals surface area contributed by atoms with Crippen LogP contribution in [-0.2, 0) is 13.5 Å². The molecule has 1 spiro atoms. The molecule has 10 aliphatic heterocycles. The first kappa shape index (κ1) is 8.96. The summed E-state index contributed by atoms with van der Waals surface area (Å²) in [5.41, 5.74) is 0.327. The summed E-state index contributed by atoms with van der Waals surface area (Å²) in [6.07, 6.45) is 0.355. The van der Waals surface area contributed by atoms with Gasteiger partial charge in [0, 0.05) is 0 Å². The molecule has 0 radical (unpaired) electrons. The van der Waals surface area contributed by atoms with Gasteiger partial charge in [-0.3, -0.25) is 0 Å². The van der Waals surface area contributed by atoms with Gasteiger partial charge in [-0.2, -0.15) is 0 Å². The van der Waals surface area contributed by atoms with E-state index < -0.39 is 13.5 Å². The summed E-state index contributed by atoms with van der Waals surface area (Å²) in [4.78, 5) is 0. The second kappa shape index (κ2) is 0.869. The topological polar surface area (TPSA) is 44.0 Å². The van der Waals surface area contributed by atoms with Crippen LogP contribution in [0.4, 0.5) is 0 Å². The fraction of sp³-hybridized carbons (Fsp3) is 0.632. The number of rotatable bonds is 3. The van der Waals surface area contributed by atoms with E-state index in [9.17, 15) is 10.4 Å². The van der Waals surface area contributed by atoms with Crippen molar-refractivity contribution >= 4 is 0 Å². The number of nitrogens with zero attached hydrogens (tertiary/aromatic N) is 1. The predicted octanol–water partition coefficient (Wildman–Crippen LogP) is 4.55. The zero-order chi connectivity index (χ0) is 14.0. The van der Waals surface area contributed by atoms with Crippen LogP contribution in [0.25, 0.3) is 0 Å². The van der Waals surface area contributed by atoms with Crippen molar-refractivity contribution in [3.8, 4) is 6.07 Å². The van der Waals surface area contributed by atoms with Gasteiger partial charge in [0.25, 0.3) is 0 Å². The van der Waals surface area contributed by atoms with Gasteiger partial charge in [0.1, 0.15) is 0 Å². The van der Waals surface area contributed by atoms with Crippen molar-refractivity contribution in [2.45, 2.75) is 56.2 Å². The zero-order valence-corrected chi connectivity index (χ0v) is 14.6. The van der Waals surface area contributed by atoms with Gasteiger partial charge in [-0.05, 0) is 0 Å². The summed E-state index contributed by atoms with van der Waals surface area (Å²) >= 11 is 0. The first-order valence-electron chi connectivity index (χ1n) is 8.82. The van der Waals surface area contributed by atoms with Crippen LogP contribution < -0.4 is 0 Å². The van der Waals surface area contributed by atoms with Gasteiger partial charge in [-0.15, -0.1) is 0 Å². The summed E-state index contributed by atoms with van der Waals surface area (Å²) in [5.74, 6) is 0. The summed E-state index contributed by atoms with van der Waals surface area (Å²) in [6, 6.07) is 12.8. The Morgan fingerprint density at radius 3 is 1.91 bits per heavy atom. The van der Waals surface area contributed by atoms with Gasteiger partial charge in [-0.1, -0.05) is 0 Å². The van der Waals surface area contributed by atoms with Gasteiger partial charge in [0.2, 0.25) is 0 Å². The van der Waals surface area contributed by atoms with E-state index in [1.54, 1.807) is 0 Å². The van der Waals surface area contributed by atoms with Gasteiger partial charge < -0.3 is 0 Å². The average molecular weight is 466 g/mol. The fourth-order valence-electron chi connectivity index (χ4n) is 18.6. The summed E-state index contributed by atoms with van der Waals surface area (Å²) in [6.45, 7) is 0. The van der Waals surface area contributed by atoms with E-state index in [4.69, 9.17) is 0 Å². The zero-order valence-electron chi connectivity index (χ0n) is 12.0. The average Bonchev–Trinajstić information content (AvgIpc) is 3.48. The molecule has 0 saturated carbocycles. The Bertz CT molecular complexity index is 1230.